The molecule has 2 aromatic rings. The molecule has 0 aliphatic carbocycles. The number of rotatable bonds is 8. The maximum atomic E-state index is 11.3. The van der Waals surface area contributed by atoms with Gasteiger partial charge in [0.25, 0.3) is 10.4 Å². The van der Waals surface area contributed by atoms with E-state index in [1.807, 2.05) is 0 Å². The second-order valence-electron chi connectivity index (χ2n) is 5.73. The van der Waals surface area contributed by atoms with E-state index in [4.69, 9.17) is 5.14 Å². The summed E-state index contributed by atoms with van der Waals surface area (Å²) in [7, 11) is -5.97. The molecule has 0 fully saturated rings. The molecule has 0 radical (unpaired) electrons. The number of benzene rings is 2. The molecule has 0 amide bonds. The van der Waals surface area contributed by atoms with Gasteiger partial charge in [-0.2, -0.15) is 13.6 Å². The van der Waals surface area contributed by atoms with Crippen LogP contribution in [0.5, 0.6) is 11.5 Å². The van der Waals surface area contributed by atoms with Crippen LogP contribution in [0.3, 0.4) is 0 Å². The summed E-state index contributed by atoms with van der Waals surface area (Å²) in [5, 5.41) is 14.3. The van der Waals surface area contributed by atoms with Crippen LogP contribution in [0.15, 0.2) is 52.8 Å². The number of nitrogens with two attached hydrogens (primary N) is 1. The van der Waals surface area contributed by atoms with Crippen molar-refractivity contribution in [2.45, 2.75) is 0 Å². The molecule has 0 unspecified atom stereocenters. The van der Waals surface area contributed by atoms with Crippen molar-refractivity contribution < 1.29 is 59.3 Å². The minimum Gasteiger partial charge on any atom is -0.716 e. The molecule has 0 atom stereocenters. The zero-order valence-electron chi connectivity index (χ0n) is 16.3. The van der Waals surface area contributed by atoms with Gasteiger partial charge < -0.3 is 12.9 Å². The molecule has 0 aliphatic heterocycles. The number of nitrogens with zero attached hydrogens (tertiary/aromatic N) is 3. The van der Waals surface area contributed by atoms with E-state index in [-0.39, 0.29) is 40.9 Å². The van der Waals surface area contributed by atoms with Crippen molar-refractivity contribution >= 4 is 38.5 Å². The molecule has 11 nitrogen and oxygen atoms in total. The zero-order chi connectivity index (χ0) is 21.7. The average molecular weight is 464 g/mol. The standard InChI is InChI=1S/C16H18N4O7S2.Na/c1-20(2)19-18-14-8-4-12(5-9-14)3-6-13-7-10-15(26-29(23,24)25)11-16(13)27-28(17,21)22;/h3-11H,1-2H3,(H2,17,21,22)(H,23,24,25);/q;+1/p-1. The maximum Gasteiger partial charge on any atom is 1.00 e. The molecule has 30 heavy (non-hydrogen) atoms. The van der Waals surface area contributed by atoms with Crippen molar-refractivity contribution in [1.29, 1.82) is 0 Å². The van der Waals surface area contributed by atoms with Gasteiger partial charge in [-0.15, -0.1) is 5.11 Å². The number of hydrogen-bond donors (Lipinski definition) is 1. The SMILES string of the molecule is CN(C)N=Nc1ccc(C=Cc2ccc(OS(=O)(=O)[O-])cc2OS(N)(=O)=O)cc1.[Na+]. The fourth-order valence-electron chi connectivity index (χ4n) is 2.00. The quantitative estimate of drug-likeness (QED) is 0.128. The van der Waals surface area contributed by atoms with Crippen LogP contribution < -0.4 is 43.1 Å². The van der Waals surface area contributed by atoms with Crippen LogP contribution in [-0.2, 0) is 20.7 Å². The Balaban J connectivity index is 0.00000450. The first-order valence-corrected chi connectivity index (χ1v) is 10.6. The molecular formula is C16H17N4NaO7S2. The first kappa shape index (κ1) is 26.0. The van der Waals surface area contributed by atoms with Crippen LogP contribution in [0, 0.1) is 0 Å². The van der Waals surface area contributed by atoms with E-state index < -0.39 is 26.5 Å². The average Bonchev–Trinajstić information content (AvgIpc) is 2.57. The molecule has 2 rings (SSSR count). The Kier molecular flexibility index (Phi) is 9.42. The zero-order valence-corrected chi connectivity index (χ0v) is 19.9. The van der Waals surface area contributed by atoms with Gasteiger partial charge >= 0.3 is 39.9 Å². The molecule has 156 valence electrons. The summed E-state index contributed by atoms with van der Waals surface area (Å²) < 4.78 is 63.5. The van der Waals surface area contributed by atoms with Crippen molar-refractivity contribution in [2.75, 3.05) is 14.1 Å². The van der Waals surface area contributed by atoms with Gasteiger partial charge in [0.05, 0.1) is 5.69 Å². The van der Waals surface area contributed by atoms with Crippen molar-refractivity contribution in [3.8, 4) is 11.5 Å². The largest absolute Gasteiger partial charge is 1.00 e. The number of hydrogen-bond acceptors (Lipinski definition) is 9. The topological polar surface area (TPSA) is 164 Å². The Bertz CT molecular complexity index is 1130. The minimum atomic E-state index is -5.04. The van der Waals surface area contributed by atoms with Gasteiger partial charge in [0.1, 0.15) is 5.75 Å². The van der Waals surface area contributed by atoms with E-state index in [1.165, 1.54) is 12.1 Å². The summed E-state index contributed by atoms with van der Waals surface area (Å²) in [4.78, 5) is 0. The van der Waals surface area contributed by atoms with Gasteiger partial charge in [-0.25, -0.2) is 8.42 Å². The maximum absolute atomic E-state index is 11.3. The molecule has 2 N–H and O–H groups in total. The van der Waals surface area contributed by atoms with Gasteiger partial charge in [0.2, 0.25) is 0 Å². The summed E-state index contributed by atoms with van der Waals surface area (Å²) in [5.41, 5.74) is 1.62. The Labute approximate surface area is 196 Å². The van der Waals surface area contributed by atoms with E-state index in [1.54, 1.807) is 49.4 Å². The van der Waals surface area contributed by atoms with Crippen molar-refractivity contribution in [2.24, 2.45) is 15.5 Å². The summed E-state index contributed by atoms with van der Waals surface area (Å²) in [5.74, 6) is -0.743. The van der Waals surface area contributed by atoms with E-state index >= 15 is 0 Å². The molecule has 0 heterocycles. The van der Waals surface area contributed by atoms with Crippen molar-refractivity contribution in [3.05, 3.63) is 53.6 Å². The first-order valence-electron chi connectivity index (χ1n) is 7.80. The fourth-order valence-corrected chi connectivity index (χ4v) is 2.73. The van der Waals surface area contributed by atoms with E-state index in [2.05, 4.69) is 18.7 Å². The van der Waals surface area contributed by atoms with Gasteiger partial charge in [0.15, 0.2) is 5.75 Å². The monoisotopic (exact) mass is 464 g/mol. The van der Waals surface area contributed by atoms with Crippen LogP contribution in [-0.4, -0.2) is 40.5 Å². The molecule has 0 aromatic heterocycles. The second-order valence-corrected chi connectivity index (χ2v) is 7.86. The molecule has 0 aliphatic rings. The smallest absolute Gasteiger partial charge is 0.716 e. The van der Waals surface area contributed by atoms with E-state index in [0.717, 1.165) is 17.7 Å². The van der Waals surface area contributed by atoms with Crippen LogP contribution >= 0.6 is 0 Å². The molecular weight excluding hydrogens is 447 g/mol. The Morgan fingerprint density at radius 1 is 1.00 bits per heavy atom. The molecule has 0 bridgehead atoms. The first-order chi connectivity index (χ1) is 13.4. The van der Waals surface area contributed by atoms with E-state index in [9.17, 15) is 21.4 Å². The Morgan fingerprint density at radius 3 is 2.17 bits per heavy atom. The van der Waals surface area contributed by atoms with Crippen LogP contribution in [0.25, 0.3) is 12.2 Å². The third kappa shape index (κ3) is 9.67. The van der Waals surface area contributed by atoms with Crippen molar-refractivity contribution in [1.82, 2.24) is 5.01 Å². The minimum absolute atomic E-state index is 0. The molecule has 0 saturated carbocycles. The Morgan fingerprint density at radius 2 is 1.63 bits per heavy atom. The molecule has 0 spiro atoms. The fraction of sp³-hybridized carbons (Fsp3) is 0.125. The predicted molar refractivity (Wildman–Crippen MR) is 104 cm³/mol. The van der Waals surface area contributed by atoms with Gasteiger partial charge in [-0.05, 0) is 29.8 Å². The molecule has 14 heteroatoms. The van der Waals surface area contributed by atoms with Gasteiger partial charge in [0, 0.05) is 25.7 Å². The van der Waals surface area contributed by atoms with Gasteiger partial charge in [-0.1, -0.05) is 29.5 Å². The summed E-state index contributed by atoms with van der Waals surface area (Å²) in [6.07, 6.45) is 3.15. The molecule has 0 saturated heterocycles. The Hall–Kier alpha value is -2.00. The third-order valence-electron chi connectivity index (χ3n) is 3.08. The summed E-state index contributed by atoms with van der Waals surface area (Å²) in [6, 6.07) is 10.3. The third-order valence-corrected chi connectivity index (χ3v) is 3.89. The van der Waals surface area contributed by atoms with Crippen LogP contribution in [0.2, 0.25) is 0 Å². The summed E-state index contributed by atoms with van der Waals surface area (Å²) in [6.45, 7) is 0. The predicted octanol–water partition coefficient (Wildman–Crippen LogP) is -1.16. The second kappa shape index (κ2) is 10.9. The van der Waals surface area contributed by atoms with Crippen LogP contribution in [0.4, 0.5) is 5.69 Å². The molecule has 2 aromatic carbocycles. The summed E-state index contributed by atoms with van der Waals surface area (Å²) >= 11 is 0. The normalized spacial score (nSPS) is 12.0. The van der Waals surface area contributed by atoms with Crippen molar-refractivity contribution in [3.63, 3.8) is 0 Å². The van der Waals surface area contributed by atoms with E-state index in [0.29, 0.717) is 5.69 Å². The van der Waals surface area contributed by atoms with Gasteiger partial charge in [-0.3, -0.25) is 5.01 Å². The van der Waals surface area contributed by atoms with Crippen LogP contribution in [0.1, 0.15) is 11.1 Å².